The van der Waals surface area contributed by atoms with Crippen LogP contribution in [0.25, 0.3) is 17.3 Å². The summed E-state index contributed by atoms with van der Waals surface area (Å²) in [5.41, 5.74) is 0.675. The molecule has 3 aromatic rings. The maximum Gasteiger partial charge on any atom is 0.273 e. The lowest BCUT2D eigenvalue weighted by Crippen LogP contribution is -2.33. The van der Waals surface area contributed by atoms with Gasteiger partial charge in [0.15, 0.2) is 5.57 Å². The first-order valence-electron chi connectivity index (χ1n) is 7.96. The van der Waals surface area contributed by atoms with Crippen molar-refractivity contribution in [3.05, 3.63) is 85.5 Å². The quantitative estimate of drug-likeness (QED) is 0.745. The SMILES string of the molecule is CNC(=O)C(C#N)=c1sc(=Cc2ccc(F)cc2)c(=O)n1-c1ccccc1. The Balaban J connectivity index is 2.39. The normalized spacial score (nSPS) is 12.4. The van der Waals surface area contributed by atoms with Crippen molar-refractivity contribution >= 4 is 28.9 Å². The average molecular weight is 379 g/mol. The number of carbonyl (C=O) groups is 1. The van der Waals surface area contributed by atoms with Gasteiger partial charge in [0.25, 0.3) is 11.5 Å². The Morgan fingerprint density at radius 3 is 2.44 bits per heavy atom. The van der Waals surface area contributed by atoms with Gasteiger partial charge >= 0.3 is 0 Å². The maximum atomic E-state index is 13.1. The predicted octanol–water partition coefficient (Wildman–Crippen LogP) is 1.29. The molecule has 0 saturated carbocycles. The number of carbonyl (C=O) groups excluding carboxylic acids is 1. The fourth-order valence-electron chi connectivity index (χ4n) is 2.49. The number of hydrogen-bond acceptors (Lipinski definition) is 4. The fraction of sp³-hybridized carbons (Fsp3) is 0.0500. The van der Waals surface area contributed by atoms with Crippen molar-refractivity contribution in [3.63, 3.8) is 0 Å². The molecule has 1 heterocycles. The van der Waals surface area contributed by atoms with Crippen molar-refractivity contribution in [1.82, 2.24) is 9.88 Å². The summed E-state index contributed by atoms with van der Waals surface area (Å²) in [4.78, 5) is 25.1. The van der Waals surface area contributed by atoms with Gasteiger partial charge in [-0.3, -0.25) is 14.2 Å². The molecular formula is C20H14FN3O2S. The van der Waals surface area contributed by atoms with Crippen LogP contribution < -0.4 is 20.1 Å². The molecule has 0 bridgehead atoms. The van der Waals surface area contributed by atoms with Crippen molar-refractivity contribution in [2.75, 3.05) is 7.05 Å². The van der Waals surface area contributed by atoms with Gasteiger partial charge in [-0.2, -0.15) is 5.26 Å². The molecule has 1 N–H and O–H groups in total. The number of hydrogen-bond donors (Lipinski definition) is 1. The van der Waals surface area contributed by atoms with Gasteiger partial charge in [-0.25, -0.2) is 4.39 Å². The van der Waals surface area contributed by atoms with Crippen LogP contribution in [0.5, 0.6) is 0 Å². The van der Waals surface area contributed by atoms with Crippen LogP contribution in [0.1, 0.15) is 5.56 Å². The molecule has 1 amide bonds. The van der Waals surface area contributed by atoms with Crippen LogP contribution in [0.15, 0.2) is 59.4 Å². The number of para-hydroxylation sites is 1. The minimum Gasteiger partial charge on any atom is -0.354 e. The van der Waals surface area contributed by atoms with E-state index in [9.17, 15) is 19.2 Å². The van der Waals surface area contributed by atoms with Gasteiger partial charge in [0.1, 0.15) is 16.5 Å². The van der Waals surface area contributed by atoms with E-state index in [0.29, 0.717) is 15.8 Å². The van der Waals surface area contributed by atoms with Gasteiger partial charge < -0.3 is 5.32 Å². The number of rotatable bonds is 3. The second-order valence-electron chi connectivity index (χ2n) is 5.51. The van der Waals surface area contributed by atoms with Crippen molar-refractivity contribution in [2.45, 2.75) is 0 Å². The van der Waals surface area contributed by atoms with E-state index in [1.807, 2.05) is 6.07 Å². The van der Waals surface area contributed by atoms with Crippen LogP contribution in [0.3, 0.4) is 0 Å². The highest BCUT2D eigenvalue weighted by molar-refractivity contribution is 7.07. The highest BCUT2D eigenvalue weighted by Crippen LogP contribution is 2.05. The number of thiazole rings is 1. The van der Waals surface area contributed by atoms with E-state index < -0.39 is 5.91 Å². The Bertz CT molecular complexity index is 1200. The van der Waals surface area contributed by atoms with Crippen LogP contribution in [0.2, 0.25) is 0 Å². The molecule has 27 heavy (non-hydrogen) atoms. The molecule has 1 aromatic heterocycles. The Morgan fingerprint density at radius 2 is 1.85 bits per heavy atom. The third-order valence-electron chi connectivity index (χ3n) is 3.79. The zero-order valence-corrected chi connectivity index (χ0v) is 15.1. The van der Waals surface area contributed by atoms with Crippen molar-refractivity contribution in [2.24, 2.45) is 0 Å². The molecule has 0 unspecified atom stereocenters. The van der Waals surface area contributed by atoms with E-state index in [4.69, 9.17) is 0 Å². The Kier molecular flexibility index (Phi) is 5.29. The van der Waals surface area contributed by atoms with E-state index in [1.165, 1.54) is 23.7 Å². The third-order valence-corrected chi connectivity index (χ3v) is 4.88. The Hall–Kier alpha value is -3.50. The minimum absolute atomic E-state index is 0.151. The molecular weight excluding hydrogens is 365 g/mol. The number of amides is 1. The standard InChI is InChI=1S/C20H14FN3O2S/c1-23-18(25)16(12-22)20-24(15-5-3-2-4-6-15)19(26)17(27-20)11-13-7-9-14(21)10-8-13/h2-11H,1H3,(H,23,25). The molecule has 0 aliphatic rings. The molecule has 3 rings (SSSR count). The van der Waals surface area contributed by atoms with E-state index >= 15 is 0 Å². The van der Waals surface area contributed by atoms with Crippen LogP contribution >= 0.6 is 11.3 Å². The van der Waals surface area contributed by atoms with E-state index in [1.54, 1.807) is 48.5 Å². The van der Waals surface area contributed by atoms with Crippen molar-refractivity contribution in [3.8, 4) is 11.8 Å². The van der Waals surface area contributed by atoms with E-state index in [-0.39, 0.29) is 21.6 Å². The summed E-state index contributed by atoms with van der Waals surface area (Å²) in [5.74, 6) is -0.947. The first-order chi connectivity index (χ1) is 13.0. The van der Waals surface area contributed by atoms with Gasteiger partial charge in [-0.05, 0) is 35.9 Å². The average Bonchev–Trinajstić information content (AvgIpc) is 3.00. The monoisotopic (exact) mass is 379 g/mol. The second-order valence-corrected chi connectivity index (χ2v) is 6.54. The lowest BCUT2D eigenvalue weighted by atomic mass is 10.2. The fourth-order valence-corrected chi connectivity index (χ4v) is 3.59. The number of halogens is 1. The summed E-state index contributed by atoms with van der Waals surface area (Å²) in [6.07, 6.45) is 1.61. The van der Waals surface area contributed by atoms with E-state index in [2.05, 4.69) is 5.32 Å². The number of nitrogens with one attached hydrogen (secondary N) is 1. The number of nitriles is 1. The third kappa shape index (κ3) is 3.71. The molecule has 0 aliphatic carbocycles. The lowest BCUT2D eigenvalue weighted by Gasteiger charge is -2.02. The Morgan fingerprint density at radius 1 is 1.19 bits per heavy atom. The first-order valence-corrected chi connectivity index (χ1v) is 8.78. The molecule has 0 radical (unpaired) electrons. The second kappa shape index (κ2) is 7.81. The highest BCUT2D eigenvalue weighted by atomic mass is 32.1. The molecule has 0 aliphatic heterocycles. The lowest BCUT2D eigenvalue weighted by molar-refractivity contribution is -0.115. The molecule has 0 atom stereocenters. The van der Waals surface area contributed by atoms with Crippen LogP contribution in [-0.4, -0.2) is 17.5 Å². The number of benzene rings is 2. The summed E-state index contributed by atoms with van der Waals surface area (Å²) in [6, 6.07) is 16.4. The topological polar surface area (TPSA) is 74.9 Å². The number of aromatic nitrogens is 1. The predicted molar refractivity (Wildman–Crippen MR) is 102 cm³/mol. The minimum atomic E-state index is -0.572. The van der Waals surface area contributed by atoms with Gasteiger partial charge in [0, 0.05) is 7.05 Å². The molecule has 2 aromatic carbocycles. The first kappa shape index (κ1) is 18.3. The summed E-state index contributed by atoms with van der Waals surface area (Å²) in [7, 11) is 1.42. The smallest absolute Gasteiger partial charge is 0.273 e. The molecule has 0 fully saturated rings. The summed E-state index contributed by atoms with van der Waals surface area (Å²) in [6.45, 7) is 0. The van der Waals surface area contributed by atoms with Gasteiger partial charge in [-0.15, -0.1) is 11.3 Å². The van der Waals surface area contributed by atoms with E-state index in [0.717, 1.165) is 11.3 Å². The molecule has 5 nitrogen and oxygen atoms in total. The Labute approximate surface area is 157 Å². The largest absolute Gasteiger partial charge is 0.354 e. The summed E-state index contributed by atoms with van der Waals surface area (Å²) >= 11 is 1.04. The molecule has 0 spiro atoms. The zero-order chi connectivity index (χ0) is 19.4. The molecule has 0 saturated heterocycles. The highest BCUT2D eigenvalue weighted by Gasteiger charge is 2.15. The van der Waals surface area contributed by atoms with Crippen LogP contribution in [0.4, 0.5) is 4.39 Å². The summed E-state index contributed by atoms with van der Waals surface area (Å²) < 4.78 is 15.0. The molecule has 134 valence electrons. The van der Waals surface area contributed by atoms with Crippen LogP contribution in [0, 0.1) is 17.1 Å². The van der Waals surface area contributed by atoms with Gasteiger partial charge in [0.05, 0.1) is 10.2 Å². The number of nitrogens with zero attached hydrogens (tertiary/aromatic N) is 2. The van der Waals surface area contributed by atoms with Crippen LogP contribution in [-0.2, 0) is 4.79 Å². The zero-order valence-electron chi connectivity index (χ0n) is 14.3. The van der Waals surface area contributed by atoms with Gasteiger partial charge in [0.2, 0.25) is 0 Å². The van der Waals surface area contributed by atoms with Crippen molar-refractivity contribution < 1.29 is 9.18 Å². The van der Waals surface area contributed by atoms with Crippen molar-refractivity contribution in [1.29, 1.82) is 5.26 Å². The maximum absolute atomic E-state index is 13.1. The van der Waals surface area contributed by atoms with Gasteiger partial charge in [-0.1, -0.05) is 30.3 Å². The molecule has 7 heteroatoms. The summed E-state index contributed by atoms with van der Waals surface area (Å²) in [5, 5.41) is 11.9.